The van der Waals surface area contributed by atoms with Crippen molar-refractivity contribution < 1.29 is 23.5 Å². The van der Waals surface area contributed by atoms with Gasteiger partial charge in [-0.3, -0.25) is 4.79 Å². The maximum atomic E-state index is 12.6. The van der Waals surface area contributed by atoms with Gasteiger partial charge in [-0.15, -0.1) is 0 Å². The van der Waals surface area contributed by atoms with Gasteiger partial charge >= 0.3 is 5.97 Å². The number of carboxylic acid groups (broad SMARTS) is 1. The zero-order chi connectivity index (χ0) is 13.1. The van der Waals surface area contributed by atoms with Gasteiger partial charge in [0.15, 0.2) is 5.76 Å². The molecule has 0 atom stereocenters. The van der Waals surface area contributed by atoms with Crippen molar-refractivity contribution in [2.45, 2.75) is 0 Å². The van der Waals surface area contributed by atoms with E-state index in [0.717, 1.165) is 18.3 Å². The van der Waals surface area contributed by atoms with Crippen LogP contribution in [0.4, 0.5) is 10.2 Å². The van der Waals surface area contributed by atoms with Crippen LogP contribution in [0, 0.1) is 5.82 Å². The fourth-order valence-electron chi connectivity index (χ4n) is 1.20. The SMILES string of the molecule is O=C(O)c1ccc(C(=O)Nc2ccc(F)cn2)o1. The van der Waals surface area contributed by atoms with Gasteiger partial charge in [-0.05, 0) is 24.3 Å². The summed E-state index contributed by atoms with van der Waals surface area (Å²) in [6, 6.07) is 4.79. The molecule has 0 aliphatic heterocycles. The van der Waals surface area contributed by atoms with E-state index in [1.807, 2.05) is 0 Å². The summed E-state index contributed by atoms with van der Waals surface area (Å²) in [6.07, 6.45) is 0.945. The number of carbonyl (C=O) groups is 2. The lowest BCUT2D eigenvalue weighted by Gasteiger charge is -2.01. The van der Waals surface area contributed by atoms with Crippen molar-refractivity contribution in [2.24, 2.45) is 0 Å². The molecule has 92 valence electrons. The van der Waals surface area contributed by atoms with E-state index in [2.05, 4.69) is 10.3 Å². The number of carboxylic acids is 1. The molecule has 2 aromatic rings. The molecule has 1 amide bonds. The summed E-state index contributed by atoms with van der Waals surface area (Å²) >= 11 is 0. The minimum atomic E-state index is -1.27. The van der Waals surface area contributed by atoms with E-state index in [4.69, 9.17) is 9.52 Å². The van der Waals surface area contributed by atoms with Crippen LogP contribution in [0.25, 0.3) is 0 Å². The molecule has 0 aliphatic rings. The van der Waals surface area contributed by atoms with Gasteiger partial charge in [0, 0.05) is 0 Å². The fourth-order valence-corrected chi connectivity index (χ4v) is 1.20. The smallest absolute Gasteiger partial charge is 0.371 e. The second-order valence-corrected chi connectivity index (χ2v) is 3.28. The second kappa shape index (κ2) is 4.66. The van der Waals surface area contributed by atoms with Crippen molar-refractivity contribution >= 4 is 17.7 Å². The molecule has 18 heavy (non-hydrogen) atoms. The summed E-state index contributed by atoms with van der Waals surface area (Å²) in [6.45, 7) is 0. The van der Waals surface area contributed by atoms with Gasteiger partial charge < -0.3 is 14.8 Å². The zero-order valence-electron chi connectivity index (χ0n) is 8.88. The quantitative estimate of drug-likeness (QED) is 0.865. The summed E-state index contributed by atoms with van der Waals surface area (Å²) in [4.78, 5) is 25.8. The van der Waals surface area contributed by atoms with Crippen molar-refractivity contribution in [2.75, 3.05) is 5.32 Å². The third kappa shape index (κ3) is 2.51. The number of hydrogen-bond acceptors (Lipinski definition) is 4. The van der Waals surface area contributed by atoms with Gasteiger partial charge in [0.25, 0.3) is 5.91 Å². The number of nitrogens with one attached hydrogen (secondary N) is 1. The van der Waals surface area contributed by atoms with E-state index in [9.17, 15) is 14.0 Å². The lowest BCUT2D eigenvalue weighted by Crippen LogP contribution is -2.12. The molecule has 0 aromatic carbocycles. The molecule has 7 heteroatoms. The molecule has 2 rings (SSSR count). The van der Waals surface area contributed by atoms with Crippen molar-refractivity contribution in [3.05, 3.63) is 47.8 Å². The molecule has 0 radical (unpaired) electrons. The minimum Gasteiger partial charge on any atom is -0.475 e. The molecule has 6 nitrogen and oxygen atoms in total. The summed E-state index contributed by atoms with van der Waals surface area (Å²) in [5, 5.41) is 11.0. The van der Waals surface area contributed by atoms with Gasteiger partial charge in [0.05, 0.1) is 6.20 Å². The lowest BCUT2D eigenvalue weighted by molar-refractivity contribution is 0.0660. The molecule has 0 bridgehead atoms. The molecule has 0 spiro atoms. The number of furan rings is 1. The highest BCUT2D eigenvalue weighted by Crippen LogP contribution is 2.11. The van der Waals surface area contributed by atoms with Gasteiger partial charge in [-0.25, -0.2) is 14.2 Å². The molecule has 2 aromatic heterocycles. The van der Waals surface area contributed by atoms with E-state index in [1.165, 1.54) is 12.1 Å². The first-order chi connectivity index (χ1) is 8.56. The number of halogens is 1. The average Bonchev–Trinajstić information content (AvgIpc) is 2.81. The minimum absolute atomic E-state index is 0.134. The number of hydrogen-bond donors (Lipinski definition) is 2. The van der Waals surface area contributed by atoms with E-state index in [1.54, 1.807) is 0 Å². The third-order valence-corrected chi connectivity index (χ3v) is 2.01. The summed E-state index contributed by atoms with van der Waals surface area (Å²) in [5.74, 6) is -2.84. The maximum absolute atomic E-state index is 12.6. The molecule has 0 saturated carbocycles. The van der Waals surface area contributed by atoms with E-state index in [-0.39, 0.29) is 17.3 Å². The van der Waals surface area contributed by atoms with Gasteiger partial charge in [-0.1, -0.05) is 0 Å². The number of amides is 1. The predicted octanol–water partition coefficient (Wildman–Crippen LogP) is 1.76. The Balaban J connectivity index is 2.11. The van der Waals surface area contributed by atoms with Crippen LogP contribution in [0.5, 0.6) is 0 Å². The zero-order valence-corrected chi connectivity index (χ0v) is 8.88. The summed E-state index contributed by atoms with van der Waals surface area (Å²) in [7, 11) is 0. The standard InChI is InChI=1S/C11H7FN2O4/c12-6-1-4-9(13-5-6)14-10(15)7-2-3-8(18-7)11(16)17/h1-5H,(H,16,17)(H,13,14,15). The Bertz CT molecular complexity index is 591. The Hall–Kier alpha value is -2.70. The van der Waals surface area contributed by atoms with Crippen molar-refractivity contribution in [1.29, 1.82) is 0 Å². The largest absolute Gasteiger partial charge is 0.475 e. The number of pyridine rings is 1. The molecule has 0 saturated heterocycles. The highest BCUT2D eigenvalue weighted by Gasteiger charge is 2.15. The number of aromatic carboxylic acids is 1. The third-order valence-electron chi connectivity index (χ3n) is 2.01. The molecular formula is C11H7FN2O4. The van der Waals surface area contributed by atoms with Crippen molar-refractivity contribution in [1.82, 2.24) is 4.98 Å². The first-order valence-electron chi connectivity index (χ1n) is 4.82. The summed E-state index contributed by atoms with van der Waals surface area (Å²) < 4.78 is 17.4. The Morgan fingerprint density at radius 1 is 1.22 bits per heavy atom. The molecule has 2 heterocycles. The Kier molecular flexibility index (Phi) is 3.05. The second-order valence-electron chi connectivity index (χ2n) is 3.28. The van der Waals surface area contributed by atoms with Crippen molar-refractivity contribution in [3.8, 4) is 0 Å². The van der Waals surface area contributed by atoms with Crippen LogP contribution in [0.3, 0.4) is 0 Å². The number of anilines is 1. The first kappa shape index (κ1) is 11.8. The molecule has 0 unspecified atom stereocenters. The van der Waals surface area contributed by atoms with Crippen LogP contribution in [0.15, 0.2) is 34.9 Å². The van der Waals surface area contributed by atoms with Crippen LogP contribution in [0.2, 0.25) is 0 Å². The van der Waals surface area contributed by atoms with Crippen molar-refractivity contribution in [3.63, 3.8) is 0 Å². The Labute approximate surface area is 100 Å². The number of aromatic nitrogens is 1. The molecular weight excluding hydrogens is 243 g/mol. The summed E-state index contributed by atoms with van der Waals surface area (Å²) in [5.41, 5.74) is 0. The van der Waals surface area contributed by atoms with Crippen LogP contribution in [-0.2, 0) is 0 Å². The Morgan fingerprint density at radius 3 is 2.50 bits per heavy atom. The normalized spacial score (nSPS) is 10.1. The van der Waals surface area contributed by atoms with Gasteiger partial charge in [-0.2, -0.15) is 0 Å². The average molecular weight is 250 g/mol. The van der Waals surface area contributed by atoms with Crippen LogP contribution in [-0.4, -0.2) is 22.0 Å². The van der Waals surface area contributed by atoms with Crippen LogP contribution < -0.4 is 5.32 Å². The Morgan fingerprint density at radius 2 is 1.94 bits per heavy atom. The maximum Gasteiger partial charge on any atom is 0.371 e. The highest BCUT2D eigenvalue weighted by atomic mass is 19.1. The van der Waals surface area contributed by atoms with Gasteiger partial charge in [0.1, 0.15) is 11.6 Å². The lowest BCUT2D eigenvalue weighted by atomic mass is 10.4. The van der Waals surface area contributed by atoms with E-state index < -0.39 is 17.7 Å². The number of rotatable bonds is 3. The molecule has 0 fully saturated rings. The highest BCUT2D eigenvalue weighted by molar-refractivity contribution is 6.02. The van der Waals surface area contributed by atoms with E-state index >= 15 is 0 Å². The predicted molar refractivity (Wildman–Crippen MR) is 57.8 cm³/mol. The number of carbonyl (C=O) groups excluding carboxylic acids is 1. The number of nitrogens with zero attached hydrogens (tertiary/aromatic N) is 1. The first-order valence-corrected chi connectivity index (χ1v) is 4.82. The van der Waals surface area contributed by atoms with Crippen LogP contribution in [0.1, 0.15) is 21.1 Å². The van der Waals surface area contributed by atoms with E-state index in [0.29, 0.717) is 0 Å². The van der Waals surface area contributed by atoms with Crippen LogP contribution >= 0.6 is 0 Å². The fraction of sp³-hybridized carbons (Fsp3) is 0. The molecule has 0 aliphatic carbocycles. The molecule has 2 N–H and O–H groups in total. The monoisotopic (exact) mass is 250 g/mol. The van der Waals surface area contributed by atoms with Gasteiger partial charge in [0.2, 0.25) is 5.76 Å². The topological polar surface area (TPSA) is 92.4 Å².